The third kappa shape index (κ3) is 1.88. The molecule has 0 saturated carbocycles. The van der Waals surface area contributed by atoms with E-state index >= 15 is 0 Å². The molecule has 0 aliphatic carbocycles. The van der Waals surface area contributed by atoms with Crippen LogP contribution in [0.2, 0.25) is 0 Å². The number of nitrogens with zero attached hydrogens (tertiary/aromatic N) is 2. The van der Waals surface area contributed by atoms with Crippen LogP contribution in [0.5, 0.6) is 0 Å². The Morgan fingerprint density at radius 2 is 2.38 bits per heavy atom. The maximum atomic E-state index is 11.5. The first-order valence-electron chi connectivity index (χ1n) is 3.44. The highest BCUT2D eigenvalue weighted by molar-refractivity contribution is 7.89. The number of hydrogen-bond donors (Lipinski definition) is 0. The number of sulfonamides is 1. The van der Waals surface area contributed by atoms with E-state index in [1.165, 1.54) is 19.4 Å². The molecule has 0 radical (unpaired) electrons. The molecule has 0 atom stereocenters. The van der Waals surface area contributed by atoms with E-state index in [1.807, 2.05) is 0 Å². The second-order valence-corrected chi connectivity index (χ2v) is 4.42. The summed E-state index contributed by atoms with van der Waals surface area (Å²) >= 11 is 0. The van der Waals surface area contributed by atoms with Gasteiger partial charge in [-0.3, -0.25) is 0 Å². The molecule has 6 heteroatoms. The molecular weight excluding hydrogens is 192 g/mol. The summed E-state index contributed by atoms with van der Waals surface area (Å²) in [6.45, 7) is -0.173. The molecule has 1 aromatic rings. The van der Waals surface area contributed by atoms with Gasteiger partial charge in [0.15, 0.2) is 0 Å². The van der Waals surface area contributed by atoms with Crippen LogP contribution in [0, 0.1) is 11.3 Å². The Morgan fingerprint density at radius 1 is 1.69 bits per heavy atom. The normalized spacial score (nSPS) is 11.5. The van der Waals surface area contributed by atoms with Crippen molar-refractivity contribution >= 4 is 10.0 Å². The Labute approximate surface area is 76.2 Å². The van der Waals surface area contributed by atoms with Crippen molar-refractivity contribution < 1.29 is 12.8 Å². The number of hydrogen-bond acceptors (Lipinski definition) is 4. The van der Waals surface area contributed by atoms with Crippen LogP contribution < -0.4 is 0 Å². The fourth-order valence-electron chi connectivity index (χ4n) is 0.763. The Hall–Kier alpha value is -1.32. The molecule has 1 heterocycles. The number of nitriles is 1. The van der Waals surface area contributed by atoms with Gasteiger partial charge in [-0.15, -0.1) is 0 Å². The minimum Gasteiger partial charge on any atom is -0.471 e. The zero-order valence-corrected chi connectivity index (χ0v) is 7.78. The molecule has 0 aromatic carbocycles. The van der Waals surface area contributed by atoms with Crippen molar-refractivity contribution in [1.29, 1.82) is 5.26 Å². The Kier molecular flexibility index (Phi) is 2.70. The number of rotatable bonds is 3. The molecule has 13 heavy (non-hydrogen) atoms. The maximum absolute atomic E-state index is 11.5. The largest absolute Gasteiger partial charge is 0.471 e. The highest BCUT2D eigenvalue weighted by Crippen LogP contribution is 2.13. The molecule has 5 nitrogen and oxygen atoms in total. The summed E-state index contributed by atoms with van der Waals surface area (Å²) in [5.74, 6) is 0. The van der Waals surface area contributed by atoms with Crippen molar-refractivity contribution in [3.63, 3.8) is 0 Å². The average molecular weight is 200 g/mol. The summed E-state index contributed by atoms with van der Waals surface area (Å²) in [5, 5.41) is 8.32. The standard InChI is InChI=1S/C7H8N2O3S/c1-9(4-3-8)13(10,11)7-2-5-12-6-7/h2,5-6H,4H2,1H3. The molecule has 1 aromatic heterocycles. The van der Waals surface area contributed by atoms with E-state index in [-0.39, 0.29) is 11.4 Å². The first-order chi connectivity index (χ1) is 6.09. The lowest BCUT2D eigenvalue weighted by atomic mass is 10.7. The van der Waals surface area contributed by atoms with Gasteiger partial charge in [-0.25, -0.2) is 8.42 Å². The zero-order valence-electron chi connectivity index (χ0n) is 6.97. The van der Waals surface area contributed by atoms with Crippen LogP contribution in [0.4, 0.5) is 0 Å². The van der Waals surface area contributed by atoms with Crippen LogP contribution in [0.3, 0.4) is 0 Å². The summed E-state index contributed by atoms with van der Waals surface area (Å²) in [5.41, 5.74) is 0. The molecule has 0 N–H and O–H groups in total. The second-order valence-electron chi connectivity index (χ2n) is 2.38. The molecular formula is C7H8N2O3S. The molecule has 0 aliphatic heterocycles. The maximum Gasteiger partial charge on any atom is 0.246 e. The fourth-order valence-corrected chi connectivity index (χ4v) is 1.76. The molecule has 0 fully saturated rings. The summed E-state index contributed by atoms with van der Waals surface area (Å²) in [7, 11) is -2.20. The molecule has 1 rings (SSSR count). The van der Waals surface area contributed by atoms with Gasteiger partial charge in [0.05, 0.1) is 12.3 Å². The molecule has 70 valence electrons. The first-order valence-corrected chi connectivity index (χ1v) is 4.88. The van der Waals surface area contributed by atoms with E-state index in [1.54, 1.807) is 6.07 Å². The summed E-state index contributed by atoms with van der Waals surface area (Å²) < 4.78 is 28.6. The Balaban J connectivity index is 2.98. The molecule has 0 unspecified atom stereocenters. The van der Waals surface area contributed by atoms with E-state index in [9.17, 15) is 8.42 Å². The van der Waals surface area contributed by atoms with Gasteiger partial charge in [0.1, 0.15) is 17.7 Å². The summed E-state index contributed by atoms with van der Waals surface area (Å²) in [6, 6.07) is 3.09. The topological polar surface area (TPSA) is 74.3 Å². The smallest absolute Gasteiger partial charge is 0.246 e. The minimum atomic E-state index is -3.54. The van der Waals surface area contributed by atoms with E-state index < -0.39 is 10.0 Å². The molecule has 0 aliphatic rings. The van der Waals surface area contributed by atoms with Gasteiger partial charge in [-0.05, 0) is 6.07 Å². The van der Waals surface area contributed by atoms with Crippen molar-refractivity contribution in [3.8, 4) is 6.07 Å². The second kappa shape index (κ2) is 3.60. The Bertz CT molecular complexity index is 401. The van der Waals surface area contributed by atoms with Crippen molar-refractivity contribution in [2.45, 2.75) is 4.90 Å². The van der Waals surface area contributed by atoms with Crippen LogP contribution in [0.15, 0.2) is 27.9 Å². The lowest BCUT2D eigenvalue weighted by molar-refractivity contribution is 0.498. The minimum absolute atomic E-state index is 0.0604. The van der Waals surface area contributed by atoms with Crippen LogP contribution in [0.25, 0.3) is 0 Å². The van der Waals surface area contributed by atoms with Crippen molar-refractivity contribution in [2.24, 2.45) is 0 Å². The SMILES string of the molecule is CN(CC#N)S(=O)(=O)c1ccoc1. The van der Waals surface area contributed by atoms with Gasteiger partial charge in [0.25, 0.3) is 0 Å². The van der Waals surface area contributed by atoms with Crippen LogP contribution in [-0.4, -0.2) is 26.3 Å². The van der Waals surface area contributed by atoms with E-state index in [4.69, 9.17) is 5.26 Å². The summed E-state index contributed by atoms with van der Waals surface area (Å²) in [4.78, 5) is 0.0604. The third-order valence-electron chi connectivity index (χ3n) is 1.50. The van der Waals surface area contributed by atoms with Crippen molar-refractivity contribution in [2.75, 3.05) is 13.6 Å². The van der Waals surface area contributed by atoms with Gasteiger partial charge in [0.2, 0.25) is 10.0 Å². The van der Waals surface area contributed by atoms with Gasteiger partial charge in [-0.2, -0.15) is 9.57 Å². The monoisotopic (exact) mass is 200 g/mol. The van der Waals surface area contributed by atoms with Crippen LogP contribution >= 0.6 is 0 Å². The Morgan fingerprint density at radius 3 is 2.85 bits per heavy atom. The highest BCUT2D eigenvalue weighted by atomic mass is 32.2. The van der Waals surface area contributed by atoms with Crippen molar-refractivity contribution in [1.82, 2.24) is 4.31 Å². The lowest BCUT2D eigenvalue weighted by Gasteiger charge is -2.10. The van der Waals surface area contributed by atoms with Crippen molar-refractivity contribution in [3.05, 3.63) is 18.6 Å². The van der Waals surface area contributed by atoms with Gasteiger partial charge >= 0.3 is 0 Å². The molecule has 0 spiro atoms. The predicted octanol–water partition coefficient (Wildman–Crippen LogP) is 0.424. The highest BCUT2D eigenvalue weighted by Gasteiger charge is 2.20. The number of furan rings is 1. The first kappa shape index (κ1) is 9.77. The van der Waals surface area contributed by atoms with E-state index in [2.05, 4.69) is 4.42 Å². The quantitative estimate of drug-likeness (QED) is 0.663. The van der Waals surface area contributed by atoms with Gasteiger partial charge in [0, 0.05) is 7.05 Å². The molecule has 0 saturated heterocycles. The van der Waals surface area contributed by atoms with Gasteiger partial charge in [-0.1, -0.05) is 0 Å². The van der Waals surface area contributed by atoms with Crippen LogP contribution in [-0.2, 0) is 10.0 Å². The molecule has 0 bridgehead atoms. The van der Waals surface area contributed by atoms with Crippen LogP contribution in [0.1, 0.15) is 0 Å². The fraction of sp³-hybridized carbons (Fsp3) is 0.286. The predicted molar refractivity (Wildman–Crippen MR) is 44.1 cm³/mol. The molecule has 0 amide bonds. The van der Waals surface area contributed by atoms with E-state index in [0.717, 1.165) is 10.6 Å². The van der Waals surface area contributed by atoms with Gasteiger partial charge < -0.3 is 4.42 Å². The third-order valence-corrected chi connectivity index (χ3v) is 3.27. The lowest BCUT2D eigenvalue weighted by Crippen LogP contribution is -2.26. The zero-order chi connectivity index (χ0) is 9.90. The average Bonchev–Trinajstić information content (AvgIpc) is 2.56. The van der Waals surface area contributed by atoms with E-state index in [0.29, 0.717) is 0 Å². The summed E-state index contributed by atoms with van der Waals surface area (Å²) in [6.07, 6.45) is 2.40.